The topological polar surface area (TPSA) is 33.2 Å². The molecule has 1 amide bonds. The van der Waals surface area contributed by atoms with Crippen molar-refractivity contribution in [2.45, 2.75) is 26.2 Å². The fraction of sp³-hybridized carbons (Fsp3) is 0.222. The maximum absolute atomic E-state index is 12.8. The summed E-state index contributed by atoms with van der Waals surface area (Å²) in [4.78, 5) is 20.3. The van der Waals surface area contributed by atoms with Crippen LogP contribution in [0.5, 0.6) is 0 Å². The van der Waals surface area contributed by atoms with Crippen LogP contribution in [0.25, 0.3) is 0 Å². The minimum Gasteiger partial charge on any atom is -0.274 e. The molecule has 0 saturated carbocycles. The van der Waals surface area contributed by atoms with Crippen LogP contribution >= 0.6 is 22.7 Å². The first-order chi connectivity index (χ1) is 11.2. The van der Waals surface area contributed by atoms with Gasteiger partial charge in [-0.05, 0) is 43.3 Å². The van der Waals surface area contributed by atoms with Crippen LogP contribution in [0.2, 0.25) is 0 Å². The molecular weight excluding hydrogens is 324 g/mol. The number of carbonyl (C=O) groups excluding carboxylic acids is 1. The number of hydrogen-bond donors (Lipinski definition) is 0. The molecule has 3 rings (SSSR count). The molecule has 0 radical (unpaired) electrons. The van der Waals surface area contributed by atoms with Gasteiger partial charge in [-0.25, -0.2) is 4.98 Å². The van der Waals surface area contributed by atoms with Crippen LogP contribution < -0.4 is 4.90 Å². The van der Waals surface area contributed by atoms with E-state index in [0.717, 1.165) is 29.4 Å². The molecule has 0 fully saturated rings. The SMILES string of the molecule is Cc1csc(N(C(=O)CCCc2cccs2)c2ccccc2)n1. The largest absolute Gasteiger partial charge is 0.274 e. The second kappa shape index (κ2) is 7.53. The lowest BCUT2D eigenvalue weighted by Crippen LogP contribution is -2.25. The number of benzene rings is 1. The zero-order valence-electron chi connectivity index (χ0n) is 12.9. The van der Waals surface area contributed by atoms with Crippen molar-refractivity contribution in [2.75, 3.05) is 4.90 Å². The molecule has 1 aromatic carbocycles. The van der Waals surface area contributed by atoms with Gasteiger partial charge in [0.05, 0.1) is 11.4 Å². The van der Waals surface area contributed by atoms with Gasteiger partial charge in [-0.2, -0.15) is 0 Å². The number of carbonyl (C=O) groups is 1. The summed E-state index contributed by atoms with van der Waals surface area (Å²) in [6.45, 7) is 1.95. The van der Waals surface area contributed by atoms with Crippen LogP contribution in [0.4, 0.5) is 10.8 Å². The maximum atomic E-state index is 12.8. The predicted molar refractivity (Wildman–Crippen MR) is 97.7 cm³/mol. The molecule has 2 heterocycles. The van der Waals surface area contributed by atoms with Crippen LogP contribution in [-0.2, 0) is 11.2 Å². The first kappa shape index (κ1) is 15.9. The third kappa shape index (κ3) is 4.06. The van der Waals surface area contributed by atoms with Gasteiger partial charge in [-0.15, -0.1) is 22.7 Å². The third-order valence-electron chi connectivity index (χ3n) is 3.46. The van der Waals surface area contributed by atoms with Crippen molar-refractivity contribution >= 4 is 39.4 Å². The first-order valence-corrected chi connectivity index (χ1v) is 9.32. The van der Waals surface area contributed by atoms with Crippen molar-refractivity contribution in [1.29, 1.82) is 0 Å². The summed E-state index contributed by atoms with van der Waals surface area (Å²) in [6, 6.07) is 13.9. The molecule has 118 valence electrons. The number of anilines is 2. The molecule has 0 saturated heterocycles. The molecule has 0 aliphatic carbocycles. The van der Waals surface area contributed by atoms with E-state index in [1.54, 1.807) is 16.2 Å². The number of thiophene rings is 1. The summed E-state index contributed by atoms with van der Waals surface area (Å²) in [5, 5.41) is 4.80. The lowest BCUT2D eigenvalue weighted by atomic mass is 10.2. The van der Waals surface area contributed by atoms with Crippen molar-refractivity contribution in [2.24, 2.45) is 0 Å². The zero-order chi connectivity index (χ0) is 16.1. The van der Waals surface area contributed by atoms with E-state index >= 15 is 0 Å². The highest BCUT2D eigenvalue weighted by atomic mass is 32.1. The average Bonchev–Trinajstić information content (AvgIpc) is 3.21. The summed E-state index contributed by atoms with van der Waals surface area (Å²) in [6.07, 6.45) is 2.32. The molecular formula is C18H18N2OS2. The van der Waals surface area contributed by atoms with E-state index in [-0.39, 0.29) is 5.91 Å². The van der Waals surface area contributed by atoms with E-state index in [1.807, 2.05) is 42.6 Å². The Bertz CT molecular complexity index is 750. The van der Waals surface area contributed by atoms with E-state index in [2.05, 4.69) is 22.5 Å². The summed E-state index contributed by atoms with van der Waals surface area (Å²) in [5.41, 5.74) is 1.82. The monoisotopic (exact) mass is 342 g/mol. The number of aromatic nitrogens is 1. The van der Waals surface area contributed by atoms with Gasteiger partial charge < -0.3 is 0 Å². The van der Waals surface area contributed by atoms with Crippen molar-refractivity contribution < 1.29 is 4.79 Å². The van der Waals surface area contributed by atoms with Gasteiger partial charge >= 0.3 is 0 Å². The predicted octanol–water partition coefficient (Wildman–Crippen LogP) is 5.20. The summed E-state index contributed by atoms with van der Waals surface area (Å²) < 4.78 is 0. The molecule has 3 aromatic rings. The van der Waals surface area contributed by atoms with Crippen LogP contribution in [0.3, 0.4) is 0 Å². The van der Waals surface area contributed by atoms with Gasteiger partial charge in [0.2, 0.25) is 5.91 Å². The van der Waals surface area contributed by atoms with E-state index < -0.39 is 0 Å². The van der Waals surface area contributed by atoms with Crippen LogP contribution in [-0.4, -0.2) is 10.9 Å². The van der Waals surface area contributed by atoms with Gasteiger partial charge in [0.15, 0.2) is 5.13 Å². The zero-order valence-corrected chi connectivity index (χ0v) is 14.6. The molecule has 0 N–H and O–H groups in total. The second-order valence-electron chi connectivity index (χ2n) is 5.27. The van der Waals surface area contributed by atoms with E-state index in [1.165, 1.54) is 16.2 Å². The van der Waals surface area contributed by atoms with Gasteiger partial charge in [-0.3, -0.25) is 9.69 Å². The van der Waals surface area contributed by atoms with Gasteiger partial charge in [-0.1, -0.05) is 24.3 Å². The standard InChI is InChI=1S/C18H18N2OS2/c1-14-13-23-18(19-14)20(15-7-3-2-4-8-15)17(21)11-5-9-16-10-6-12-22-16/h2-4,6-8,10,12-13H,5,9,11H2,1H3. The molecule has 5 heteroatoms. The lowest BCUT2D eigenvalue weighted by Gasteiger charge is -2.20. The minimum atomic E-state index is 0.0992. The Kier molecular flexibility index (Phi) is 5.20. The number of para-hydroxylation sites is 1. The maximum Gasteiger partial charge on any atom is 0.233 e. The van der Waals surface area contributed by atoms with E-state index in [0.29, 0.717) is 6.42 Å². The minimum absolute atomic E-state index is 0.0992. The molecule has 0 unspecified atom stereocenters. The Morgan fingerprint density at radius 3 is 2.61 bits per heavy atom. The smallest absolute Gasteiger partial charge is 0.233 e. The quantitative estimate of drug-likeness (QED) is 0.617. The Morgan fingerprint density at radius 2 is 1.96 bits per heavy atom. The molecule has 0 aliphatic heterocycles. The lowest BCUT2D eigenvalue weighted by molar-refractivity contribution is -0.118. The second-order valence-corrected chi connectivity index (χ2v) is 7.14. The van der Waals surface area contributed by atoms with Gasteiger partial charge in [0.1, 0.15) is 0 Å². The highest BCUT2D eigenvalue weighted by molar-refractivity contribution is 7.14. The number of thiazole rings is 1. The van der Waals surface area contributed by atoms with E-state index in [9.17, 15) is 4.79 Å². The summed E-state index contributed by atoms with van der Waals surface area (Å²) in [7, 11) is 0. The highest BCUT2D eigenvalue weighted by Gasteiger charge is 2.20. The number of amides is 1. The summed E-state index contributed by atoms with van der Waals surface area (Å²) >= 11 is 3.25. The Hall–Kier alpha value is -1.98. The Morgan fingerprint density at radius 1 is 1.13 bits per heavy atom. The molecule has 0 aliphatic rings. The third-order valence-corrected chi connectivity index (χ3v) is 5.34. The van der Waals surface area contributed by atoms with Crippen molar-refractivity contribution in [3.8, 4) is 0 Å². The van der Waals surface area contributed by atoms with Crippen molar-refractivity contribution in [3.05, 3.63) is 63.8 Å². The normalized spacial score (nSPS) is 10.7. The number of hydrogen-bond acceptors (Lipinski definition) is 4. The number of nitrogens with zero attached hydrogens (tertiary/aromatic N) is 2. The average molecular weight is 342 g/mol. The number of aryl methyl sites for hydroxylation is 2. The molecule has 0 spiro atoms. The van der Waals surface area contributed by atoms with Crippen LogP contribution in [0.1, 0.15) is 23.4 Å². The van der Waals surface area contributed by atoms with Crippen molar-refractivity contribution in [3.63, 3.8) is 0 Å². The fourth-order valence-corrected chi connectivity index (χ4v) is 3.95. The van der Waals surface area contributed by atoms with Crippen LogP contribution in [0, 0.1) is 6.92 Å². The van der Waals surface area contributed by atoms with Crippen LogP contribution in [0.15, 0.2) is 53.2 Å². The first-order valence-electron chi connectivity index (χ1n) is 7.56. The van der Waals surface area contributed by atoms with Gasteiger partial charge in [0.25, 0.3) is 0 Å². The van der Waals surface area contributed by atoms with Gasteiger partial charge in [0, 0.05) is 16.7 Å². The summed E-state index contributed by atoms with van der Waals surface area (Å²) in [5.74, 6) is 0.0992. The molecule has 0 bridgehead atoms. The molecule has 3 nitrogen and oxygen atoms in total. The Labute approximate surface area is 144 Å². The molecule has 2 aromatic heterocycles. The number of rotatable bonds is 6. The highest BCUT2D eigenvalue weighted by Crippen LogP contribution is 2.29. The molecule has 23 heavy (non-hydrogen) atoms. The van der Waals surface area contributed by atoms with Crippen molar-refractivity contribution in [1.82, 2.24) is 4.98 Å². The van der Waals surface area contributed by atoms with E-state index in [4.69, 9.17) is 0 Å². The fourth-order valence-electron chi connectivity index (χ4n) is 2.36. The Balaban J connectivity index is 1.73. The molecule has 0 atom stereocenters.